The summed E-state index contributed by atoms with van der Waals surface area (Å²) in [6.45, 7) is 2.09. The standard InChI is InChI=1S/C19H22O2/c1-14-4-3-5-15(10-14)12-19(20)9-8-16-6-7-18(21-2)11-17(16)13-19/h3-7,10-11,20H,8-9,12-13H2,1-2H3. The van der Waals surface area contributed by atoms with Crippen LogP contribution in [0.1, 0.15) is 28.7 Å². The first kappa shape index (κ1) is 14.2. The lowest BCUT2D eigenvalue weighted by atomic mass is 9.77. The highest BCUT2D eigenvalue weighted by atomic mass is 16.5. The van der Waals surface area contributed by atoms with Gasteiger partial charge in [0, 0.05) is 12.8 Å². The Balaban J connectivity index is 1.83. The van der Waals surface area contributed by atoms with Gasteiger partial charge in [-0.25, -0.2) is 0 Å². The van der Waals surface area contributed by atoms with Crippen molar-refractivity contribution in [3.63, 3.8) is 0 Å². The predicted octanol–water partition coefficient (Wildman–Crippen LogP) is 3.47. The number of benzene rings is 2. The van der Waals surface area contributed by atoms with E-state index in [4.69, 9.17) is 4.74 Å². The van der Waals surface area contributed by atoms with E-state index < -0.39 is 5.60 Å². The Morgan fingerprint density at radius 2 is 2.00 bits per heavy atom. The Bertz CT molecular complexity index is 648. The van der Waals surface area contributed by atoms with E-state index in [1.54, 1.807) is 7.11 Å². The van der Waals surface area contributed by atoms with Gasteiger partial charge < -0.3 is 9.84 Å². The summed E-state index contributed by atoms with van der Waals surface area (Å²) in [5.74, 6) is 0.869. The lowest BCUT2D eigenvalue weighted by molar-refractivity contribution is 0.0267. The third-order valence-electron chi connectivity index (χ3n) is 4.41. The molecule has 2 aromatic carbocycles. The topological polar surface area (TPSA) is 29.5 Å². The Kier molecular flexibility index (Phi) is 3.73. The summed E-state index contributed by atoms with van der Waals surface area (Å²) in [5, 5.41) is 11.0. The summed E-state index contributed by atoms with van der Waals surface area (Å²) >= 11 is 0. The summed E-state index contributed by atoms with van der Waals surface area (Å²) in [5.41, 5.74) is 4.37. The van der Waals surface area contributed by atoms with Crippen molar-refractivity contribution < 1.29 is 9.84 Å². The van der Waals surface area contributed by atoms with Gasteiger partial charge in [-0.3, -0.25) is 0 Å². The molecule has 21 heavy (non-hydrogen) atoms. The van der Waals surface area contributed by atoms with Crippen LogP contribution < -0.4 is 4.74 Å². The second kappa shape index (κ2) is 5.53. The fraction of sp³-hybridized carbons (Fsp3) is 0.368. The fourth-order valence-electron chi connectivity index (χ4n) is 3.30. The van der Waals surface area contributed by atoms with Gasteiger partial charge in [0.1, 0.15) is 5.75 Å². The average Bonchev–Trinajstić information content (AvgIpc) is 2.46. The van der Waals surface area contributed by atoms with Crippen LogP contribution in [-0.2, 0) is 19.3 Å². The molecule has 110 valence electrons. The summed E-state index contributed by atoms with van der Waals surface area (Å²) in [4.78, 5) is 0. The number of aryl methyl sites for hydroxylation is 2. The van der Waals surface area contributed by atoms with E-state index in [0.717, 1.165) is 18.6 Å². The van der Waals surface area contributed by atoms with Crippen LogP contribution in [0.15, 0.2) is 42.5 Å². The van der Waals surface area contributed by atoms with Crippen molar-refractivity contribution in [2.45, 2.75) is 38.2 Å². The number of aliphatic hydroxyl groups is 1. The van der Waals surface area contributed by atoms with Crippen LogP contribution in [0.2, 0.25) is 0 Å². The maximum Gasteiger partial charge on any atom is 0.119 e. The van der Waals surface area contributed by atoms with Crippen LogP contribution in [0.4, 0.5) is 0 Å². The van der Waals surface area contributed by atoms with Gasteiger partial charge in [-0.05, 0) is 48.6 Å². The molecule has 0 aromatic heterocycles. The van der Waals surface area contributed by atoms with E-state index in [9.17, 15) is 5.11 Å². The van der Waals surface area contributed by atoms with Crippen LogP contribution in [0.5, 0.6) is 5.75 Å². The molecule has 1 aliphatic carbocycles. The van der Waals surface area contributed by atoms with Crippen LogP contribution >= 0.6 is 0 Å². The van der Waals surface area contributed by atoms with Gasteiger partial charge in [0.05, 0.1) is 12.7 Å². The maximum atomic E-state index is 11.0. The predicted molar refractivity (Wildman–Crippen MR) is 84.9 cm³/mol. The molecular weight excluding hydrogens is 260 g/mol. The Labute approximate surface area is 126 Å². The summed E-state index contributed by atoms with van der Waals surface area (Å²) in [6.07, 6.45) is 3.17. The Morgan fingerprint density at radius 1 is 1.14 bits per heavy atom. The SMILES string of the molecule is COc1ccc2c(c1)CC(O)(Cc1cccc(C)c1)CC2. The molecule has 0 saturated heterocycles. The van der Waals surface area contributed by atoms with Crippen molar-refractivity contribution in [2.75, 3.05) is 7.11 Å². The van der Waals surface area contributed by atoms with Gasteiger partial charge in [0.2, 0.25) is 0 Å². The zero-order chi connectivity index (χ0) is 14.9. The molecule has 1 N–H and O–H groups in total. The molecule has 0 spiro atoms. The molecule has 0 saturated carbocycles. The smallest absolute Gasteiger partial charge is 0.119 e. The third-order valence-corrected chi connectivity index (χ3v) is 4.41. The minimum atomic E-state index is -0.646. The number of ether oxygens (including phenoxy) is 1. The molecule has 1 atom stereocenters. The second-order valence-corrected chi connectivity index (χ2v) is 6.20. The van der Waals surface area contributed by atoms with Crippen molar-refractivity contribution in [1.82, 2.24) is 0 Å². The molecule has 3 rings (SSSR count). The van der Waals surface area contributed by atoms with E-state index >= 15 is 0 Å². The highest BCUT2D eigenvalue weighted by Gasteiger charge is 2.32. The van der Waals surface area contributed by atoms with Crippen molar-refractivity contribution in [1.29, 1.82) is 0 Å². The summed E-state index contributed by atoms with van der Waals surface area (Å²) < 4.78 is 5.30. The first-order valence-corrected chi connectivity index (χ1v) is 7.52. The lowest BCUT2D eigenvalue weighted by Gasteiger charge is -2.34. The molecule has 0 bridgehead atoms. The number of hydrogen-bond donors (Lipinski definition) is 1. The molecule has 0 heterocycles. The third kappa shape index (κ3) is 3.11. The van der Waals surface area contributed by atoms with E-state index in [-0.39, 0.29) is 0 Å². The van der Waals surface area contributed by atoms with Gasteiger partial charge in [0.15, 0.2) is 0 Å². The van der Waals surface area contributed by atoms with Crippen LogP contribution in [0, 0.1) is 6.92 Å². The largest absolute Gasteiger partial charge is 0.497 e. The first-order chi connectivity index (χ1) is 10.1. The van der Waals surface area contributed by atoms with Crippen LogP contribution in [-0.4, -0.2) is 17.8 Å². The zero-order valence-electron chi connectivity index (χ0n) is 12.7. The normalized spacial score (nSPS) is 20.9. The minimum absolute atomic E-state index is 0.646. The average molecular weight is 282 g/mol. The number of hydrogen-bond acceptors (Lipinski definition) is 2. The van der Waals surface area contributed by atoms with Crippen molar-refractivity contribution in [2.24, 2.45) is 0 Å². The number of methoxy groups -OCH3 is 1. The molecule has 0 fully saturated rings. The molecular formula is C19H22O2. The first-order valence-electron chi connectivity index (χ1n) is 7.52. The van der Waals surface area contributed by atoms with Crippen LogP contribution in [0.25, 0.3) is 0 Å². The lowest BCUT2D eigenvalue weighted by Crippen LogP contribution is -2.38. The Morgan fingerprint density at radius 3 is 2.76 bits per heavy atom. The monoisotopic (exact) mass is 282 g/mol. The van der Waals surface area contributed by atoms with E-state index in [1.807, 2.05) is 6.07 Å². The van der Waals surface area contributed by atoms with Crippen molar-refractivity contribution in [3.05, 3.63) is 64.7 Å². The van der Waals surface area contributed by atoms with E-state index in [0.29, 0.717) is 12.8 Å². The second-order valence-electron chi connectivity index (χ2n) is 6.20. The van der Waals surface area contributed by atoms with Gasteiger partial charge >= 0.3 is 0 Å². The highest BCUT2D eigenvalue weighted by molar-refractivity contribution is 5.39. The van der Waals surface area contributed by atoms with Crippen molar-refractivity contribution >= 4 is 0 Å². The molecule has 2 heteroatoms. The molecule has 0 amide bonds. The highest BCUT2D eigenvalue weighted by Crippen LogP contribution is 2.33. The Hall–Kier alpha value is -1.80. The number of fused-ring (bicyclic) bond motifs is 1. The van der Waals surface area contributed by atoms with Gasteiger partial charge in [-0.2, -0.15) is 0 Å². The minimum Gasteiger partial charge on any atom is -0.497 e. The molecule has 1 aliphatic rings. The molecule has 2 nitrogen and oxygen atoms in total. The van der Waals surface area contributed by atoms with Crippen molar-refractivity contribution in [3.8, 4) is 5.75 Å². The van der Waals surface area contributed by atoms with E-state index in [1.165, 1.54) is 22.3 Å². The molecule has 2 aromatic rings. The van der Waals surface area contributed by atoms with Gasteiger partial charge in [-0.15, -0.1) is 0 Å². The maximum absolute atomic E-state index is 11.0. The quantitative estimate of drug-likeness (QED) is 0.934. The molecule has 0 aliphatic heterocycles. The van der Waals surface area contributed by atoms with Gasteiger partial charge in [-0.1, -0.05) is 35.9 Å². The van der Waals surface area contributed by atoms with E-state index in [2.05, 4.69) is 43.3 Å². The summed E-state index contributed by atoms with van der Waals surface area (Å²) in [6, 6.07) is 14.6. The van der Waals surface area contributed by atoms with Crippen LogP contribution in [0.3, 0.4) is 0 Å². The molecule has 1 unspecified atom stereocenters. The van der Waals surface area contributed by atoms with Gasteiger partial charge in [0.25, 0.3) is 0 Å². The molecule has 0 radical (unpaired) electrons. The number of rotatable bonds is 3. The fourth-order valence-corrected chi connectivity index (χ4v) is 3.30. The summed E-state index contributed by atoms with van der Waals surface area (Å²) in [7, 11) is 1.68. The zero-order valence-corrected chi connectivity index (χ0v) is 12.7.